The summed E-state index contributed by atoms with van der Waals surface area (Å²) >= 11 is 0. The molecule has 6 aliphatic carbocycles. The number of carbonyl (C=O) groups excluding carboxylic acids is 4. The van der Waals surface area contributed by atoms with Gasteiger partial charge in [-0.3, -0.25) is 29.0 Å². The van der Waals surface area contributed by atoms with Gasteiger partial charge in [-0.1, -0.05) is 54.0 Å². The van der Waals surface area contributed by atoms with Crippen LogP contribution in [0.2, 0.25) is 0 Å². The lowest BCUT2D eigenvalue weighted by atomic mass is 9.35. The lowest BCUT2D eigenvalue weighted by molar-refractivity contribution is -0.193. The van der Waals surface area contributed by atoms with Gasteiger partial charge in [0.2, 0.25) is 5.91 Å². The number of aliphatic carboxylic acids is 1. The molecule has 6 aliphatic rings. The van der Waals surface area contributed by atoms with Crippen LogP contribution in [0.25, 0.3) is 0 Å². The highest BCUT2D eigenvalue weighted by Gasteiger charge is 2.66. The number of fused-ring (bicyclic) bond motifs is 7. The third kappa shape index (κ3) is 7.02. The maximum Gasteiger partial charge on any atom is 0.306 e. The Hall–Kier alpha value is -3.36. The largest absolute Gasteiger partial charge is 0.481 e. The molecule has 1 aromatic heterocycles. The number of pyridine rings is 1. The molecule has 0 spiro atoms. The number of hydrogen-bond acceptors (Lipinski definition) is 6. The zero-order chi connectivity index (χ0) is 41.5. The van der Waals surface area contributed by atoms with Gasteiger partial charge in [0.25, 0.3) is 5.91 Å². The van der Waals surface area contributed by atoms with Crippen molar-refractivity contribution in [2.24, 2.45) is 74.9 Å². The Balaban J connectivity index is 1.06. The molecular formula is C48H69N3O6. The minimum atomic E-state index is -0.772. The van der Waals surface area contributed by atoms with Crippen molar-refractivity contribution in [2.75, 3.05) is 6.54 Å². The molecule has 0 bridgehead atoms. The van der Waals surface area contributed by atoms with Gasteiger partial charge in [-0.15, -0.1) is 0 Å². The summed E-state index contributed by atoms with van der Waals surface area (Å²) in [6.07, 6.45) is 13.4. The molecule has 2 amide bonds. The second-order valence-corrected chi connectivity index (χ2v) is 21.7. The fourth-order valence-electron chi connectivity index (χ4n) is 14.6. The molecule has 7 rings (SSSR count). The fraction of sp³-hybridized carbons (Fsp3) is 0.750. The first-order valence-electron chi connectivity index (χ1n) is 22.2. The third-order valence-corrected chi connectivity index (χ3v) is 17.6. The van der Waals surface area contributed by atoms with Crippen molar-refractivity contribution in [2.45, 2.75) is 145 Å². The van der Waals surface area contributed by atoms with E-state index in [1.54, 1.807) is 24.5 Å². The number of carboxylic acid groups (broad SMARTS) is 1. The van der Waals surface area contributed by atoms with E-state index in [1.165, 1.54) is 5.57 Å². The SMILES string of the molecule is CC(C)C1=C2C3CCC4C(C)(CCC5C(C)(C)C(CC(=O)C6CC(C(=O)O)C6C)CCC54C)C3CCC2(CC(=O)NCC(C)(C)NC(=O)c2ccncc2)CC1=O. The van der Waals surface area contributed by atoms with Crippen LogP contribution in [0.1, 0.15) is 150 Å². The van der Waals surface area contributed by atoms with Crippen molar-refractivity contribution in [1.29, 1.82) is 0 Å². The number of carbonyl (C=O) groups is 5. The average Bonchev–Trinajstić information content (AvgIpc) is 3.43. The lowest BCUT2D eigenvalue weighted by Gasteiger charge is -2.69. The first-order chi connectivity index (χ1) is 26.6. The fourth-order valence-corrected chi connectivity index (χ4v) is 14.6. The van der Waals surface area contributed by atoms with E-state index < -0.39 is 16.9 Å². The second kappa shape index (κ2) is 14.7. The van der Waals surface area contributed by atoms with E-state index in [9.17, 15) is 29.1 Å². The summed E-state index contributed by atoms with van der Waals surface area (Å²) in [4.78, 5) is 70.1. The predicted molar refractivity (Wildman–Crippen MR) is 220 cm³/mol. The molecule has 3 N–H and O–H groups in total. The van der Waals surface area contributed by atoms with Crippen molar-refractivity contribution >= 4 is 29.4 Å². The maximum atomic E-state index is 14.0. The molecule has 0 aliphatic heterocycles. The van der Waals surface area contributed by atoms with E-state index in [0.717, 1.165) is 56.9 Å². The zero-order valence-corrected chi connectivity index (χ0v) is 36.1. The van der Waals surface area contributed by atoms with Gasteiger partial charge in [0.1, 0.15) is 5.78 Å². The highest BCUT2D eigenvalue weighted by Crippen LogP contribution is 2.74. The van der Waals surface area contributed by atoms with Gasteiger partial charge in [-0.25, -0.2) is 0 Å². The van der Waals surface area contributed by atoms with Crippen LogP contribution in [0.5, 0.6) is 0 Å². The summed E-state index contributed by atoms with van der Waals surface area (Å²) in [6, 6.07) is 3.34. The third-order valence-electron chi connectivity index (χ3n) is 17.6. The van der Waals surface area contributed by atoms with E-state index in [0.29, 0.717) is 60.8 Å². The van der Waals surface area contributed by atoms with Crippen LogP contribution < -0.4 is 10.6 Å². The standard InChI is InChI=1S/C48H69N3O6/c1-27(2)40-36(53)24-48(25-39(54)50-26-44(4,5)51-42(55)29-15-20-49-21-16-29)19-13-34-31(41(40)48)10-11-38-46(34,8)18-14-37-45(6,7)30(12-17-47(37,38)9)22-35(52)32-23-33(28(32)3)43(56)57/h15-16,20-21,27-28,30-34,37-38H,10-14,17-19,22-26H2,1-9H3,(H,50,54)(H,51,55)(H,56,57). The summed E-state index contributed by atoms with van der Waals surface area (Å²) < 4.78 is 0. The van der Waals surface area contributed by atoms with Crippen molar-refractivity contribution in [3.63, 3.8) is 0 Å². The van der Waals surface area contributed by atoms with Gasteiger partial charge in [0.15, 0.2) is 5.78 Å². The first kappa shape index (κ1) is 41.8. The summed E-state index contributed by atoms with van der Waals surface area (Å²) in [6.45, 7) is 20.3. The number of amides is 2. The summed E-state index contributed by atoms with van der Waals surface area (Å²) in [5.74, 6) is 1.14. The number of aromatic nitrogens is 1. The molecule has 312 valence electrons. The highest BCUT2D eigenvalue weighted by atomic mass is 16.4. The van der Waals surface area contributed by atoms with Crippen molar-refractivity contribution in [3.05, 3.63) is 41.2 Å². The van der Waals surface area contributed by atoms with Crippen LogP contribution in [0.3, 0.4) is 0 Å². The Kier molecular flexibility index (Phi) is 10.8. The minimum absolute atomic E-state index is 0.0106. The Bertz CT molecular complexity index is 1830. The van der Waals surface area contributed by atoms with Crippen molar-refractivity contribution < 1.29 is 29.1 Å². The number of allylic oxidation sites excluding steroid dienone is 2. The second-order valence-electron chi connectivity index (χ2n) is 21.7. The molecule has 0 radical (unpaired) electrons. The number of Topliss-reactive ketones (excluding diaryl/α,β-unsaturated/α-hetero) is 2. The number of ketones is 2. The molecule has 1 aromatic rings. The van der Waals surface area contributed by atoms with Gasteiger partial charge in [-0.05, 0) is 147 Å². The van der Waals surface area contributed by atoms with Gasteiger partial charge in [-0.2, -0.15) is 0 Å². The van der Waals surface area contributed by atoms with Crippen molar-refractivity contribution in [1.82, 2.24) is 15.6 Å². The zero-order valence-electron chi connectivity index (χ0n) is 36.1. The van der Waals surface area contributed by atoms with Crippen LogP contribution in [0.15, 0.2) is 35.7 Å². The number of carboxylic acids is 1. The van der Waals surface area contributed by atoms with Crippen molar-refractivity contribution in [3.8, 4) is 0 Å². The maximum absolute atomic E-state index is 14.0. The summed E-state index contributed by atoms with van der Waals surface area (Å²) in [7, 11) is 0. The minimum Gasteiger partial charge on any atom is -0.481 e. The molecule has 9 nitrogen and oxygen atoms in total. The average molecular weight is 784 g/mol. The van der Waals surface area contributed by atoms with Crippen LogP contribution >= 0.6 is 0 Å². The Morgan fingerprint density at radius 3 is 2.25 bits per heavy atom. The lowest BCUT2D eigenvalue weighted by Crippen LogP contribution is -2.62. The molecule has 11 atom stereocenters. The Morgan fingerprint density at radius 2 is 1.60 bits per heavy atom. The molecule has 1 heterocycles. The van der Waals surface area contributed by atoms with Gasteiger partial charge in [0.05, 0.1) is 11.5 Å². The van der Waals surface area contributed by atoms with E-state index in [-0.39, 0.29) is 69.8 Å². The Morgan fingerprint density at radius 1 is 0.912 bits per heavy atom. The number of nitrogens with one attached hydrogen (secondary N) is 2. The van der Waals surface area contributed by atoms with Gasteiger partial charge >= 0.3 is 5.97 Å². The Labute approximate surface area is 340 Å². The van der Waals surface area contributed by atoms with E-state index in [4.69, 9.17) is 0 Å². The topological polar surface area (TPSA) is 143 Å². The molecule has 11 unspecified atom stereocenters. The predicted octanol–water partition coefficient (Wildman–Crippen LogP) is 8.62. The molecule has 0 saturated heterocycles. The highest BCUT2D eigenvalue weighted by molar-refractivity contribution is 6.01. The van der Waals surface area contributed by atoms with Crippen LogP contribution in [0, 0.1) is 74.9 Å². The molecule has 9 heteroatoms. The molecule has 57 heavy (non-hydrogen) atoms. The molecular weight excluding hydrogens is 715 g/mol. The summed E-state index contributed by atoms with van der Waals surface area (Å²) in [5, 5.41) is 15.7. The van der Waals surface area contributed by atoms with E-state index in [1.807, 2.05) is 20.8 Å². The molecule has 5 saturated carbocycles. The number of hydrogen-bond donors (Lipinski definition) is 3. The van der Waals surface area contributed by atoms with Gasteiger partial charge in [0, 0.05) is 55.1 Å². The monoisotopic (exact) mass is 784 g/mol. The molecule has 0 aromatic carbocycles. The number of rotatable bonds is 11. The normalized spacial score (nSPS) is 38.2. The smallest absolute Gasteiger partial charge is 0.306 e. The van der Waals surface area contributed by atoms with Crippen LogP contribution in [-0.2, 0) is 19.2 Å². The number of nitrogens with zero attached hydrogens (tertiary/aromatic N) is 1. The van der Waals surface area contributed by atoms with Gasteiger partial charge < -0.3 is 15.7 Å². The quantitative estimate of drug-likeness (QED) is 0.204. The van der Waals surface area contributed by atoms with E-state index >= 15 is 0 Å². The first-order valence-corrected chi connectivity index (χ1v) is 22.2. The van der Waals surface area contributed by atoms with E-state index in [2.05, 4.69) is 57.2 Å². The van der Waals surface area contributed by atoms with Crippen LogP contribution in [-0.4, -0.2) is 51.5 Å². The van der Waals surface area contributed by atoms with Crippen LogP contribution in [0.4, 0.5) is 0 Å². The summed E-state index contributed by atoms with van der Waals surface area (Å²) in [5.41, 5.74) is 2.00. The molecule has 5 fully saturated rings.